The number of hydrogen-bond donors (Lipinski definition) is 0. The first-order valence-electron chi connectivity index (χ1n) is 4.55. The van der Waals surface area contributed by atoms with Crippen LogP contribution in [0.25, 0.3) is 0 Å². The Balaban J connectivity index is 0.000000461. The third kappa shape index (κ3) is 3.73. The van der Waals surface area contributed by atoms with E-state index in [1.54, 1.807) is 0 Å². The Hall–Kier alpha value is -0.0800. The van der Waals surface area contributed by atoms with Crippen molar-refractivity contribution in [1.29, 1.82) is 0 Å². The molecule has 0 amide bonds. The smallest absolute Gasteiger partial charge is 0.165 e. The average molecular weight is 160 g/mol. The second kappa shape index (κ2) is 5.56. The molecule has 68 valence electrons. The van der Waals surface area contributed by atoms with E-state index in [1.807, 2.05) is 20.8 Å². The fourth-order valence-electron chi connectivity index (χ4n) is 1.16. The van der Waals surface area contributed by atoms with Crippen LogP contribution >= 0.6 is 0 Å². The molecule has 1 saturated heterocycles. The molecule has 0 bridgehead atoms. The Morgan fingerprint density at radius 2 is 1.64 bits per heavy atom. The van der Waals surface area contributed by atoms with Crippen molar-refractivity contribution in [2.75, 3.05) is 13.2 Å². The predicted octanol–water partition coefficient (Wildman–Crippen LogP) is 2.58. The summed E-state index contributed by atoms with van der Waals surface area (Å²) in [5.41, 5.74) is 0. The molecule has 1 rings (SSSR count). The van der Waals surface area contributed by atoms with Crippen molar-refractivity contribution < 1.29 is 9.47 Å². The van der Waals surface area contributed by atoms with Crippen LogP contribution in [0.15, 0.2) is 0 Å². The average Bonchev–Trinajstić information content (AvgIpc) is 2.41. The summed E-state index contributed by atoms with van der Waals surface area (Å²) in [4.78, 5) is 0. The van der Waals surface area contributed by atoms with Gasteiger partial charge in [0.2, 0.25) is 0 Å². The lowest BCUT2D eigenvalue weighted by atomic mass is 10.2. The van der Waals surface area contributed by atoms with E-state index < -0.39 is 0 Å². The van der Waals surface area contributed by atoms with E-state index in [0.29, 0.717) is 0 Å². The molecule has 1 heterocycles. The molecule has 0 saturated carbocycles. The van der Waals surface area contributed by atoms with E-state index in [1.165, 1.54) is 0 Å². The molecule has 0 aliphatic carbocycles. The molecular formula is C9H20O2. The van der Waals surface area contributed by atoms with Crippen LogP contribution in [0.1, 0.15) is 40.5 Å². The standard InChI is InChI=1S/C7H14O2.C2H6/c1-3-4-7(2)8-5-6-9-7;1-2/h3-6H2,1-2H3;1-2H3. The van der Waals surface area contributed by atoms with Crippen LogP contribution in [0, 0.1) is 0 Å². The fraction of sp³-hybridized carbons (Fsp3) is 1.00. The molecule has 1 aliphatic heterocycles. The van der Waals surface area contributed by atoms with Gasteiger partial charge >= 0.3 is 0 Å². The summed E-state index contributed by atoms with van der Waals surface area (Å²) >= 11 is 0. The minimum absolute atomic E-state index is 0.255. The Kier molecular flexibility index (Phi) is 5.51. The summed E-state index contributed by atoms with van der Waals surface area (Å²) in [6.07, 6.45) is 2.13. The second-order valence-corrected chi connectivity index (χ2v) is 2.58. The monoisotopic (exact) mass is 160 g/mol. The zero-order valence-corrected chi connectivity index (χ0v) is 8.14. The SMILES string of the molecule is CC.CCCC1(C)OCCO1. The molecule has 0 N–H and O–H groups in total. The topological polar surface area (TPSA) is 18.5 Å². The molecule has 2 heteroatoms. The van der Waals surface area contributed by atoms with Gasteiger partial charge in [-0.3, -0.25) is 0 Å². The minimum atomic E-state index is -0.255. The first-order chi connectivity index (χ1) is 5.27. The van der Waals surface area contributed by atoms with E-state index in [9.17, 15) is 0 Å². The Morgan fingerprint density at radius 1 is 1.18 bits per heavy atom. The van der Waals surface area contributed by atoms with Crippen LogP contribution in [-0.4, -0.2) is 19.0 Å². The Bertz CT molecular complexity index is 85.6. The van der Waals surface area contributed by atoms with E-state index >= 15 is 0 Å². The van der Waals surface area contributed by atoms with E-state index in [-0.39, 0.29) is 5.79 Å². The van der Waals surface area contributed by atoms with Gasteiger partial charge in [-0.1, -0.05) is 27.2 Å². The van der Waals surface area contributed by atoms with E-state index in [4.69, 9.17) is 9.47 Å². The highest BCUT2D eigenvalue weighted by Crippen LogP contribution is 2.23. The summed E-state index contributed by atoms with van der Waals surface area (Å²) in [5.74, 6) is -0.255. The molecule has 0 atom stereocenters. The van der Waals surface area contributed by atoms with Gasteiger partial charge in [-0.25, -0.2) is 0 Å². The highest BCUT2D eigenvalue weighted by Gasteiger charge is 2.29. The normalized spacial score (nSPS) is 20.7. The summed E-state index contributed by atoms with van der Waals surface area (Å²) in [6, 6.07) is 0. The molecule has 0 aromatic heterocycles. The molecular weight excluding hydrogens is 140 g/mol. The van der Waals surface area contributed by atoms with Gasteiger partial charge in [0.15, 0.2) is 5.79 Å². The van der Waals surface area contributed by atoms with Crippen molar-refractivity contribution in [1.82, 2.24) is 0 Å². The van der Waals surface area contributed by atoms with Crippen molar-refractivity contribution in [3.8, 4) is 0 Å². The number of hydrogen-bond acceptors (Lipinski definition) is 2. The highest BCUT2D eigenvalue weighted by atomic mass is 16.7. The van der Waals surface area contributed by atoms with Crippen LogP contribution in [0.3, 0.4) is 0 Å². The summed E-state index contributed by atoms with van der Waals surface area (Å²) in [6.45, 7) is 9.66. The maximum absolute atomic E-state index is 5.36. The van der Waals surface area contributed by atoms with Gasteiger partial charge in [0.25, 0.3) is 0 Å². The Morgan fingerprint density at radius 3 is 2.00 bits per heavy atom. The highest BCUT2D eigenvalue weighted by molar-refractivity contribution is 4.66. The predicted molar refractivity (Wildman–Crippen MR) is 46.6 cm³/mol. The van der Waals surface area contributed by atoms with Gasteiger partial charge < -0.3 is 9.47 Å². The lowest BCUT2D eigenvalue weighted by molar-refractivity contribution is -0.146. The van der Waals surface area contributed by atoms with Crippen LogP contribution in [0.4, 0.5) is 0 Å². The van der Waals surface area contributed by atoms with Crippen LogP contribution in [0.2, 0.25) is 0 Å². The van der Waals surface area contributed by atoms with E-state index in [2.05, 4.69) is 6.92 Å². The van der Waals surface area contributed by atoms with Gasteiger partial charge in [-0.2, -0.15) is 0 Å². The number of rotatable bonds is 2. The zero-order valence-electron chi connectivity index (χ0n) is 8.14. The third-order valence-corrected chi connectivity index (χ3v) is 1.60. The first-order valence-corrected chi connectivity index (χ1v) is 4.55. The van der Waals surface area contributed by atoms with Gasteiger partial charge in [0.1, 0.15) is 0 Å². The minimum Gasteiger partial charge on any atom is -0.348 e. The van der Waals surface area contributed by atoms with Gasteiger partial charge in [-0.05, 0) is 6.92 Å². The molecule has 0 aromatic carbocycles. The van der Waals surface area contributed by atoms with Crippen molar-refractivity contribution in [3.63, 3.8) is 0 Å². The van der Waals surface area contributed by atoms with Crippen LogP contribution in [0.5, 0.6) is 0 Å². The molecule has 0 aromatic rings. The summed E-state index contributed by atoms with van der Waals surface area (Å²) in [5, 5.41) is 0. The largest absolute Gasteiger partial charge is 0.348 e. The van der Waals surface area contributed by atoms with Gasteiger partial charge in [0, 0.05) is 6.42 Å². The first kappa shape index (κ1) is 10.9. The summed E-state index contributed by atoms with van der Waals surface area (Å²) < 4.78 is 10.7. The third-order valence-electron chi connectivity index (χ3n) is 1.60. The maximum atomic E-state index is 5.36. The molecule has 0 unspecified atom stereocenters. The van der Waals surface area contributed by atoms with Crippen molar-refractivity contribution in [2.24, 2.45) is 0 Å². The quantitative estimate of drug-likeness (QED) is 0.618. The number of ether oxygens (including phenoxy) is 2. The zero-order chi connectivity index (χ0) is 8.74. The van der Waals surface area contributed by atoms with Crippen molar-refractivity contribution in [2.45, 2.75) is 46.3 Å². The molecule has 0 radical (unpaired) electrons. The fourth-order valence-corrected chi connectivity index (χ4v) is 1.16. The Labute approximate surface area is 69.9 Å². The van der Waals surface area contributed by atoms with Gasteiger partial charge in [0.05, 0.1) is 13.2 Å². The second-order valence-electron chi connectivity index (χ2n) is 2.58. The molecule has 2 nitrogen and oxygen atoms in total. The maximum Gasteiger partial charge on any atom is 0.165 e. The molecule has 1 aliphatic rings. The van der Waals surface area contributed by atoms with Gasteiger partial charge in [-0.15, -0.1) is 0 Å². The molecule has 1 fully saturated rings. The molecule has 0 spiro atoms. The van der Waals surface area contributed by atoms with Crippen LogP contribution < -0.4 is 0 Å². The lowest BCUT2D eigenvalue weighted by Crippen LogP contribution is -2.24. The van der Waals surface area contributed by atoms with Crippen molar-refractivity contribution in [3.05, 3.63) is 0 Å². The van der Waals surface area contributed by atoms with Crippen LogP contribution in [-0.2, 0) is 9.47 Å². The lowest BCUT2D eigenvalue weighted by Gasteiger charge is -2.20. The molecule has 11 heavy (non-hydrogen) atoms. The summed E-state index contributed by atoms with van der Waals surface area (Å²) in [7, 11) is 0. The van der Waals surface area contributed by atoms with Crippen molar-refractivity contribution >= 4 is 0 Å². The van der Waals surface area contributed by atoms with E-state index in [0.717, 1.165) is 26.1 Å².